The summed E-state index contributed by atoms with van der Waals surface area (Å²) in [4.78, 5) is 8.78. The van der Waals surface area contributed by atoms with Crippen LogP contribution in [0.5, 0.6) is 0 Å². The van der Waals surface area contributed by atoms with Gasteiger partial charge in [0.05, 0.1) is 17.4 Å². The van der Waals surface area contributed by atoms with Crippen LogP contribution >= 0.6 is 11.6 Å². The number of nitrogens with two attached hydrogens (primary N) is 1. The number of rotatable bonds is 4. The highest BCUT2D eigenvalue weighted by atomic mass is 35.5. The van der Waals surface area contributed by atoms with Crippen molar-refractivity contribution in [2.24, 2.45) is 0 Å². The van der Waals surface area contributed by atoms with Crippen LogP contribution in [-0.2, 0) is 6.54 Å². The monoisotopic (exact) mass is 274 g/mol. The Morgan fingerprint density at radius 2 is 2.05 bits per heavy atom. The Bertz CT molecular complexity index is 720. The van der Waals surface area contributed by atoms with E-state index in [1.807, 2.05) is 24.5 Å². The van der Waals surface area contributed by atoms with Gasteiger partial charge in [-0.3, -0.25) is 0 Å². The minimum Gasteiger partial charge on any atom is -0.382 e. The lowest BCUT2D eigenvalue weighted by Crippen LogP contribution is -1.99. The van der Waals surface area contributed by atoms with Crippen molar-refractivity contribution >= 4 is 39.4 Å². The van der Waals surface area contributed by atoms with Gasteiger partial charge in [-0.25, -0.2) is 9.97 Å². The Labute approximate surface area is 116 Å². The third kappa shape index (κ3) is 2.12. The van der Waals surface area contributed by atoms with E-state index < -0.39 is 0 Å². The lowest BCUT2D eigenvalue weighted by molar-refractivity contribution is 0.649. The zero-order chi connectivity index (χ0) is 13.2. The molecule has 1 aromatic carbocycles. The Morgan fingerprint density at radius 3 is 2.89 bits per heavy atom. The second kappa shape index (κ2) is 5.05. The van der Waals surface area contributed by atoms with Crippen molar-refractivity contribution in [1.29, 1.82) is 0 Å². The predicted molar refractivity (Wildman–Crippen MR) is 79.4 cm³/mol. The van der Waals surface area contributed by atoms with Gasteiger partial charge in [-0.05, 0) is 18.9 Å². The molecule has 2 heterocycles. The summed E-state index contributed by atoms with van der Waals surface area (Å²) in [6.07, 6.45) is 3.87. The molecule has 0 saturated heterocycles. The second-order valence-corrected chi connectivity index (χ2v) is 4.92. The number of anilines is 1. The van der Waals surface area contributed by atoms with Gasteiger partial charge in [0.1, 0.15) is 5.52 Å². The van der Waals surface area contributed by atoms with Crippen molar-refractivity contribution in [2.45, 2.75) is 19.4 Å². The number of halogens is 1. The first-order valence-corrected chi connectivity index (χ1v) is 6.89. The number of pyridine rings is 1. The molecule has 0 bridgehead atoms. The van der Waals surface area contributed by atoms with Crippen molar-refractivity contribution < 1.29 is 0 Å². The summed E-state index contributed by atoms with van der Waals surface area (Å²) in [7, 11) is 0. The molecule has 0 aliphatic rings. The van der Waals surface area contributed by atoms with Crippen LogP contribution in [0.2, 0.25) is 0 Å². The number of nitrogen functional groups attached to an aromatic ring is 1. The average molecular weight is 275 g/mol. The number of aryl methyl sites for hydroxylation is 1. The highest BCUT2D eigenvalue weighted by molar-refractivity contribution is 6.17. The highest BCUT2D eigenvalue weighted by Gasteiger charge is 2.11. The molecule has 4 nitrogen and oxygen atoms in total. The molecule has 0 atom stereocenters. The Balaban J connectivity index is 2.18. The fourth-order valence-electron chi connectivity index (χ4n) is 2.35. The van der Waals surface area contributed by atoms with Crippen LogP contribution in [0.25, 0.3) is 21.9 Å². The second-order valence-electron chi connectivity index (χ2n) is 4.55. The maximum atomic E-state index is 5.98. The van der Waals surface area contributed by atoms with Gasteiger partial charge in [0.15, 0.2) is 5.82 Å². The normalized spacial score (nSPS) is 11.4. The molecule has 0 unspecified atom stereocenters. The third-order valence-corrected chi connectivity index (χ3v) is 3.53. The Hall–Kier alpha value is -1.81. The molecule has 2 N–H and O–H groups in total. The fourth-order valence-corrected chi connectivity index (χ4v) is 2.54. The molecule has 3 rings (SSSR count). The smallest absolute Gasteiger partial charge is 0.152 e. The van der Waals surface area contributed by atoms with Crippen molar-refractivity contribution in [3.05, 3.63) is 30.6 Å². The van der Waals surface area contributed by atoms with E-state index in [-0.39, 0.29) is 0 Å². The SMILES string of the molecule is Nc1nc2ccccc2c2c1ncn2CCCCCl. The molecular formula is C14H15ClN4. The Morgan fingerprint density at radius 1 is 1.21 bits per heavy atom. The maximum absolute atomic E-state index is 5.98. The summed E-state index contributed by atoms with van der Waals surface area (Å²) in [5.74, 6) is 1.18. The number of imidazole rings is 1. The van der Waals surface area contributed by atoms with Crippen molar-refractivity contribution in [1.82, 2.24) is 14.5 Å². The molecule has 0 aliphatic carbocycles. The van der Waals surface area contributed by atoms with Crippen LogP contribution in [0, 0.1) is 0 Å². The summed E-state index contributed by atoms with van der Waals surface area (Å²) in [6, 6.07) is 8.01. The van der Waals surface area contributed by atoms with Gasteiger partial charge in [0, 0.05) is 17.8 Å². The number of hydrogen-bond acceptors (Lipinski definition) is 3. The molecule has 0 aliphatic heterocycles. The van der Waals surface area contributed by atoms with E-state index in [0.717, 1.165) is 41.3 Å². The number of para-hydroxylation sites is 1. The zero-order valence-corrected chi connectivity index (χ0v) is 11.3. The van der Waals surface area contributed by atoms with Crippen molar-refractivity contribution in [2.75, 3.05) is 11.6 Å². The van der Waals surface area contributed by atoms with Crippen molar-refractivity contribution in [3.8, 4) is 0 Å². The van der Waals surface area contributed by atoms with Crippen LogP contribution < -0.4 is 5.73 Å². The minimum atomic E-state index is 0.491. The molecule has 0 saturated carbocycles. The first-order chi connectivity index (χ1) is 9.31. The predicted octanol–water partition coefficient (Wildman–Crippen LogP) is 3.19. The van der Waals surface area contributed by atoms with E-state index >= 15 is 0 Å². The molecule has 19 heavy (non-hydrogen) atoms. The molecule has 3 aromatic rings. The van der Waals surface area contributed by atoms with Crippen LogP contribution in [0.15, 0.2) is 30.6 Å². The maximum Gasteiger partial charge on any atom is 0.152 e. The third-order valence-electron chi connectivity index (χ3n) is 3.26. The lowest BCUT2D eigenvalue weighted by atomic mass is 10.2. The number of aromatic nitrogens is 3. The van der Waals surface area contributed by atoms with Crippen molar-refractivity contribution in [3.63, 3.8) is 0 Å². The molecule has 98 valence electrons. The van der Waals surface area contributed by atoms with E-state index in [4.69, 9.17) is 17.3 Å². The van der Waals surface area contributed by atoms with Gasteiger partial charge >= 0.3 is 0 Å². The lowest BCUT2D eigenvalue weighted by Gasteiger charge is -2.07. The van der Waals surface area contributed by atoms with E-state index in [0.29, 0.717) is 11.7 Å². The molecular weight excluding hydrogens is 260 g/mol. The number of hydrogen-bond donors (Lipinski definition) is 1. The number of fused-ring (bicyclic) bond motifs is 3. The topological polar surface area (TPSA) is 56.7 Å². The van der Waals surface area contributed by atoms with Crippen LogP contribution in [0.1, 0.15) is 12.8 Å². The number of alkyl halides is 1. The van der Waals surface area contributed by atoms with Crippen LogP contribution in [-0.4, -0.2) is 20.4 Å². The van der Waals surface area contributed by atoms with E-state index in [1.165, 1.54) is 0 Å². The summed E-state index contributed by atoms with van der Waals surface area (Å²) in [6.45, 7) is 0.899. The highest BCUT2D eigenvalue weighted by Crippen LogP contribution is 2.27. The molecule has 0 spiro atoms. The molecule has 0 amide bonds. The fraction of sp³-hybridized carbons (Fsp3) is 0.286. The number of benzene rings is 1. The van der Waals surface area contributed by atoms with E-state index in [2.05, 4.69) is 20.6 Å². The number of unbranched alkanes of at least 4 members (excludes halogenated alkanes) is 1. The summed E-state index contributed by atoms with van der Waals surface area (Å²) >= 11 is 5.73. The zero-order valence-electron chi connectivity index (χ0n) is 10.5. The van der Waals surface area contributed by atoms with Gasteiger partial charge < -0.3 is 10.3 Å². The van der Waals surface area contributed by atoms with Crippen LogP contribution in [0.3, 0.4) is 0 Å². The van der Waals surface area contributed by atoms with Gasteiger partial charge in [-0.2, -0.15) is 0 Å². The van der Waals surface area contributed by atoms with Gasteiger partial charge in [-0.1, -0.05) is 18.2 Å². The molecule has 0 radical (unpaired) electrons. The molecule has 2 aromatic heterocycles. The minimum absolute atomic E-state index is 0.491. The first-order valence-electron chi connectivity index (χ1n) is 6.36. The van der Waals surface area contributed by atoms with Gasteiger partial charge in [0.2, 0.25) is 0 Å². The Kier molecular flexibility index (Phi) is 3.25. The van der Waals surface area contributed by atoms with E-state index in [1.54, 1.807) is 0 Å². The molecule has 0 fully saturated rings. The average Bonchev–Trinajstić information content (AvgIpc) is 2.84. The quantitative estimate of drug-likeness (QED) is 0.587. The standard InChI is InChI=1S/C14H15ClN4/c15-7-3-4-8-19-9-17-12-13(19)10-5-1-2-6-11(10)18-14(12)16/h1-2,5-6,9H,3-4,7-8H2,(H2,16,18). The molecule has 5 heteroatoms. The first kappa shape index (κ1) is 12.2. The summed E-state index contributed by atoms with van der Waals surface area (Å²) < 4.78 is 2.14. The van der Waals surface area contributed by atoms with Gasteiger partial charge in [0.25, 0.3) is 0 Å². The summed E-state index contributed by atoms with van der Waals surface area (Å²) in [5.41, 5.74) is 8.74. The van der Waals surface area contributed by atoms with Gasteiger partial charge in [-0.15, -0.1) is 11.6 Å². The number of nitrogens with zero attached hydrogens (tertiary/aromatic N) is 3. The summed E-state index contributed by atoms with van der Waals surface area (Å²) in [5, 5.41) is 1.09. The largest absolute Gasteiger partial charge is 0.382 e. The van der Waals surface area contributed by atoms with E-state index in [9.17, 15) is 0 Å². The van der Waals surface area contributed by atoms with Crippen LogP contribution in [0.4, 0.5) is 5.82 Å².